The zero-order valence-corrected chi connectivity index (χ0v) is 11.2. The molecule has 20 heavy (non-hydrogen) atoms. The molecule has 0 amide bonds. The molecule has 0 saturated carbocycles. The Bertz CT molecular complexity index is 664. The van der Waals surface area contributed by atoms with Crippen LogP contribution in [0.2, 0.25) is 0 Å². The highest BCUT2D eigenvalue weighted by Crippen LogP contribution is 2.38. The van der Waals surface area contributed by atoms with E-state index in [0.29, 0.717) is 12.2 Å². The molecular formula is C17H15FO2. The molecule has 1 aliphatic carbocycles. The molecule has 2 aromatic rings. The summed E-state index contributed by atoms with van der Waals surface area (Å²) in [6, 6.07) is 12.5. The first kappa shape index (κ1) is 12.9. The summed E-state index contributed by atoms with van der Waals surface area (Å²) < 4.78 is 18.9. The van der Waals surface area contributed by atoms with E-state index in [0.717, 1.165) is 6.42 Å². The van der Waals surface area contributed by atoms with Crippen molar-refractivity contribution >= 4 is 5.78 Å². The maximum Gasteiger partial charge on any atom is 0.170 e. The second kappa shape index (κ2) is 5.08. The van der Waals surface area contributed by atoms with Crippen LogP contribution < -0.4 is 4.74 Å². The van der Waals surface area contributed by atoms with Crippen LogP contribution in [-0.2, 0) is 6.42 Å². The van der Waals surface area contributed by atoms with Gasteiger partial charge in [-0.25, -0.2) is 4.39 Å². The van der Waals surface area contributed by atoms with E-state index in [1.165, 1.54) is 24.3 Å². The van der Waals surface area contributed by atoms with Gasteiger partial charge in [0, 0.05) is 6.42 Å². The molecule has 2 aromatic carbocycles. The van der Waals surface area contributed by atoms with Gasteiger partial charge in [-0.05, 0) is 35.6 Å². The van der Waals surface area contributed by atoms with Crippen molar-refractivity contribution < 1.29 is 13.9 Å². The molecule has 0 N–H and O–H groups in total. The van der Waals surface area contributed by atoms with Crippen LogP contribution in [0.25, 0.3) is 0 Å². The Labute approximate surface area is 117 Å². The normalized spacial score (nSPS) is 16.2. The highest BCUT2D eigenvalue weighted by molar-refractivity contribution is 5.99. The van der Waals surface area contributed by atoms with Crippen LogP contribution in [0.1, 0.15) is 33.8 Å². The number of rotatable bonds is 4. The number of methoxy groups -OCH3 is 1. The number of hydrogen-bond acceptors (Lipinski definition) is 2. The summed E-state index contributed by atoms with van der Waals surface area (Å²) >= 11 is 0. The first-order valence-corrected chi connectivity index (χ1v) is 6.64. The van der Waals surface area contributed by atoms with Crippen LogP contribution in [0, 0.1) is 5.82 Å². The molecule has 0 aromatic heterocycles. The lowest BCUT2D eigenvalue weighted by Gasteiger charge is -2.29. The number of halogens is 1. The van der Waals surface area contributed by atoms with Crippen molar-refractivity contribution in [3.05, 3.63) is 65.0 Å². The maximum absolute atomic E-state index is 13.9. The van der Waals surface area contributed by atoms with Crippen molar-refractivity contribution in [2.45, 2.75) is 18.8 Å². The van der Waals surface area contributed by atoms with E-state index in [9.17, 15) is 9.18 Å². The van der Waals surface area contributed by atoms with E-state index in [1.807, 2.05) is 18.2 Å². The van der Waals surface area contributed by atoms with Gasteiger partial charge in [0.25, 0.3) is 0 Å². The number of benzene rings is 2. The monoisotopic (exact) mass is 270 g/mol. The van der Waals surface area contributed by atoms with Crippen molar-refractivity contribution in [3.8, 4) is 5.75 Å². The number of carbonyl (C=O) groups is 1. The van der Waals surface area contributed by atoms with Gasteiger partial charge in [0.15, 0.2) is 5.78 Å². The predicted molar refractivity (Wildman–Crippen MR) is 74.8 cm³/mol. The SMILES string of the molecule is COc1cccc(F)c1C(=O)CC1Cc2ccccc21. The Kier molecular flexibility index (Phi) is 3.26. The van der Waals surface area contributed by atoms with Crippen LogP contribution in [0.15, 0.2) is 42.5 Å². The summed E-state index contributed by atoms with van der Waals surface area (Å²) in [6.45, 7) is 0. The molecule has 3 rings (SSSR count). The molecule has 1 aliphatic rings. The Balaban J connectivity index is 1.82. The fourth-order valence-electron chi connectivity index (χ4n) is 2.82. The fraction of sp³-hybridized carbons (Fsp3) is 0.235. The van der Waals surface area contributed by atoms with Crippen molar-refractivity contribution in [1.29, 1.82) is 0 Å². The number of fused-ring (bicyclic) bond motifs is 1. The van der Waals surface area contributed by atoms with Gasteiger partial charge >= 0.3 is 0 Å². The number of carbonyl (C=O) groups excluding carboxylic acids is 1. The second-order valence-electron chi connectivity index (χ2n) is 5.04. The van der Waals surface area contributed by atoms with Gasteiger partial charge in [-0.2, -0.15) is 0 Å². The third-order valence-corrected chi connectivity index (χ3v) is 3.87. The van der Waals surface area contributed by atoms with Crippen molar-refractivity contribution in [2.75, 3.05) is 7.11 Å². The molecule has 102 valence electrons. The Morgan fingerprint density at radius 3 is 2.80 bits per heavy atom. The molecule has 0 fully saturated rings. The zero-order chi connectivity index (χ0) is 14.1. The first-order valence-electron chi connectivity index (χ1n) is 6.64. The van der Waals surface area contributed by atoms with Crippen molar-refractivity contribution in [1.82, 2.24) is 0 Å². The third kappa shape index (κ3) is 2.09. The second-order valence-corrected chi connectivity index (χ2v) is 5.04. The minimum Gasteiger partial charge on any atom is -0.496 e. The number of hydrogen-bond donors (Lipinski definition) is 0. The lowest BCUT2D eigenvalue weighted by atomic mass is 9.74. The minimum atomic E-state index is -0.512. The Morgan fingerprint density at radius 1 is 1.25 bits per heavy atom. The molecule has 1 unspecified atom stereocenters. The molecule has 0 aliphatic heterocycles. The topological polar surface area (TPSA) is 26.3 Å². The van der Waals surface area contributed by atoms with E-state index in [1.54, 1.807) is 12.1 Å². The summed E-state index contributed by atoms with van der Waals surface area (Å²) in [4.78, 5) is 12.3. The highest BCUT2D eigenvalue weighted by atomic mass is 19.1. The number of ketones is 1. The minimum absolute atomic E-state index is 0.0689. The molecule has 0 bridgehead atoms. The average molecular weight is 270 g/mol. The van der Waals surface area contributed by atoms with Gasteiger partial charge in [-0.3, -0.25) is 4.79 Å². The zero-order valence-electron chi connectivity index (χ0n) is 11.2. The smallest absolute Gasteiger partial charge is 0.170 e. The number of Topliss-reactive ketones (excluding diaryl/α,β-unsaturated/α-hetero) is 1. The van der Waals surface area contributed by atoms with Gasteiger partial charge in [-0.1, -0.05) is 30.3 Å². The molecule has 0 saturated heterocycles. The highest BCUT2D eigenvalue weighted by Gasteiger charge is 2.29. The molecule has 3 heteroatoms. The maximum atomic E-state index is 13.9. The summed E-state index contributed by atoms with van der Waals surface area (Å²) in [5.74, 6) is -0.202. The predicted octanol–water partition coefficient (Wildman–Crippen LogP) is 3.75. The summed E-state index contributed by atoms with van der Waals surface area (Å²) in [5, 5.41) is 0. The lowest BCUT2D eigenvalue weighted by molar-refractivity contribution is 0.0963. The standard InChI is InChI=1S/C17H15FO2/c1-20-16-8-4-7-14(18)17(16)15(19)10-12-9-11-5-2-3-6-13(11)12/h2-8,12H,9-10H2,1H3. The Hall–Kier alpha value is -2.16. The van der Waals surface area contributed by atoms with Crippen LogP contribution in [0.5, 0.6) is 5.75 Å². The van der Waals surface area contributed by atoms with E-state index in [4.69, 9.17) is 4.74 Å². The van der Waals surface area contributed by atoms with Crippen molar-refractivity contribution in [3.63, 3.8) is 0 Å². The first-order chi connectivity index (χ1) is 9.70. The molecule has 0 radical (unpaired) electrons. The van der Waals surface area contributed by atoms with E-state index >= 15 is 0 Å². The molecule has 0 spiro atoms. The average Bonchev–Trinajstić information content (AvgIpc) is 2.44. The van der Waals surface area contributed by atoms with Gasteiger partial charge < -0.3 is 4.74 Å². The van der Waals surface area contributed by atoms with Crippen LogP contribution in [0.3, 0.4) is 0 Å². The number of ether oxygens (including phenoxy) is 1. The van der Waals surface area contributed by atoms with Crippen LogP contribution in [-0.4, -0.2) is 12.9 Å². The lowest BCUT2D eigenvalue weighted by Crippen LogP contribution is -2.20. The molecule has 2 nitrogen and oxygen atoms in total. The summed E-state index contributed by atoms with van der Waals surface area (Å²) in [7, 11) is 1.45. The van der Waals surface area contributed by atoms with Gasteiger partial charge in [0.2, 0.25) is 0 Å². The Morgan fingerprint density at radius 2 is 2.05 bits per heavy atom. The largest absolute Gasteiger partial charge is 0.496 e. The van der Waals surface area contributed by atoms with E-state index in [2.05, 4.69) is 6.07 Å². The van der Waals surface area contributed by atoms with Crippen LogP contribution >= 0.6 is 0 Å². The van der Waals surface area contributed by atoms with Gasteiger partial charge in [0.05, 0.1) is 12.7 Å². The van der Waals surface area contributed by atoms with Gasteiger partial charge in [-0.15, -0.1) is 0 Å². The summed E-state index contributed by atoms with van der Waals surface area (Å²) in [5.41, 5.74) is 2.56. The van der Waals surface area contributed by atoms with Crippen LogP contribution in [0.4, 0.5) is 4.39 Å². The quantitative estimate of drug-likeness (QED) is 0.791. The summed E-state index contributed by atoms with van der Waals surface area (Å²) in [6.07, 6.45) is 1.22. The van der Waals surface area contributed by atoms with Crippen molar-refractivity contribution in [2.24, 2.45) is 0 Å². The third-order valence-electron chi connectivity index (χ3n) is 3.87. The molecule has 0 heterocycles. The van der Waals surface area contributed by atoms with E-state index in [-0.39, 0.29) is 17.3 Å². The molecule has 1 atom stereocenters. The van der Waals surface area contributed by atoms with Gasteiger partial charge in [0.1, 0.15) is 11.6 Å². The van der Waals surface area contributed by atoms with E-state index < -0.39 is 5.82 Å². The molecular weight excluding hydrogens is 255 g/mol. The fourth-order valence-corrected chi connectivity index (χ4v) is 2.82.